The van der Waals surface area contributed by atoms with E-state index >= 15 is 0 Å². The zero-order chi connectivity index (χ0) is 25.5. The first-order valence-corrected chi connectivity index (χ1v) is 11.7. The lowest BCUT2D eigenvalue weighted by molar-refractivity contribution is -0.164. The first-order valence-electron chi connectivity index (χ1n) is 11.7. The van der Waals surface area contributed by atoms with Gasteiger partial charge in [0.1, 0.15) is 11.3 Å². The summed E-state index contributed by atoms with van der Waals surface area (Å²) < 4.78 is 23.9. The van der Waals surface area contributed by atoms with Gasteiger partial charge in [0, 0.05) is 11.3 Å². The first kappa shape index (κ1) is 24.7. The number of fused-ring (bicyclic) bond motifs is 2. The number of rotatable bonds is 5. The minimum Gasteiger partial charge on any atom is -0.493 e. The van der Waals surface area contributed by atoms with E-state index in [1.54, 1.807) is 4.52 Å². The van der Waals surface area contributed by atoms with E-state index in [1.807, 2.05) is 46.8 Å². The number of methoxy groups -OCH3 is 2. The van der Waals surface area contributed by atoms with Crippen LogP contribution in [0.25, 0.3) is 16.6 Å². The fourth-order valence-electron chi connectivity index (χ4n) is 4.73. The Morgan fingerprint density at radius 3 is 2.54 bits per heavy atom. The normalized spacial score (nSPS) is 14.3. The van der Waals surface area contributed by atoms with Crippen LogP contribution in [0, 0.1) is 13.8 Å². The molecule has 0 bridgehead atoms. The van der Waals surface area contributed by atoms with E-state index < -0.39 is 23.6 Å². The number of esters is 2. The molecule has 0 saturated carbocycles. The zero-order valence-corrected chi connectivity index (χ0v) is 21.4. The van der Waals surface area contributed by atoms with E-state index in [9.17, 15) is 9.59 Å². The third-order valence-electron chi connectivity index (χ3n) is 6.23. The van der Waals surface area contributed by atoms with Crippen molar-refractivity contribution in [3.63, 3.8) is 0 Å². The van der Waals surface area contributed by atoms with Gasteiger partial charge in [-0.05, 0) is 81.8 Å². The molecule has 0 amide bonds. The Morgan fingerprint density at radius 2 is 1.89 bits per heavy atom. The highest BCUT2D eigenvalue weighted by Gasteiger charge is 2.35. The van der Waals surface area contributed by atoms with Gasteiger partial charge >= 0.3 is 11.9 Å². The lowest BCUT2D eigenvalue weighted by Crippen LogP contribution is -2.30. The van der Waals surface area contributed by atoms with Crippen LogP contribution in [0.1, 0.15) is 66.0 Å². The molecule has 1 unspecified atom stereocenters. The molecular weight excluding hydrogens is 448 g/mol. The highest BCUT2D eigenvalue weighted by molar-refractivity contribution is 6.00. The summed E-state index contributed by atoms with van der Waals surface area (Å²) in [5.74, 6) is -0.118. The van der Waals surface area contributed by atoms with Gasteiger partial charge in [0.15, 0.2) is 6.10 Å². The van der Waals surface area contributed by atoms with Gasteiger partial charge in [0.2, 0.25) is 0 Å². The average molecular weight is 481 g/mol. The largest absolute Gasteiger partial charge is 0.493 e. The molecule has 3 heterocycles. The van der Waals surface area contributed by atoms with Crippen LogP contribution in [0.3, 0.4) is 0 Å². The van der Waals surface area contributed by atoms with Gasteiger partial charge in [-0.1, -0.05) is 6.07 Å². The molecule has 1 aliphatic heterocycles. The molecule has 1 aromatic carbocycles. The van der Waals surface area contributed by atoms with Gasteiger partial charge in [0.25, 0.3) is 0 Å². The third-order valence-corrected chi connectivity index (χ3v) is 6.23. The minimum absolute atomic E-state index is 0.355. The number of hydrogen-bond donors (Lipinski definition) is 0. The van der Waals surface area contributed by atoms with Crippen LogP contribution in [-0.2, 0) is 25.4 Å². The van der Waals surface area contributed by atoms with Crippen molar-refractivity contribution in [1.82, 2.24) is 9.61 Å². The molecule has 1 atom stereocenters. The molecule has 35 heavy (non-hydrogen) atoms. The number of ether oxygens (including phenoxy) is 4. The SMILES string of the molecule is COC(=O)c1cnn2c(C)c(C(OC(C)(C)C)C(=O)OC)c(-c3ccc4c(c3)CCCO4)c(C)c12. The molecule has 0 aliphatic carbocycles. The second-order valence-corrected chi connectivity index (χ2v) is 9.72. The number of aryl methyl sites for hydroxylation is 3. The van der Waals surface area contributed by atoms with Crippen molar-refractivity contribution in [2.75, 3.05) is 20.8 Å². The third kappa shape index (κ3) is 4.50. The van der Waals surface area contributed by atoms with Gasteiger partial charge in [-0.3, -0.25) is 0 Å². The second-order valence-electron chi connectivity index (χ2n) is 9.72. The van der Waals surface area contributed by atoms with Crippen molar-refractivity contribution in [2.45, 2.75) is 59.2 Å². The van der Waals surface area contributed by atoms with Crippen molar-refractivity contribution in [3.05, 3.63) is 52.3 Å². The Morgan fingerprint density at radius 1 is 1.14 bits per heavy atom. The highest BCUT2D eigenvalue weighted by atomic mass is 16.6. The van der Waals surface area contributed by atoms with Gasteiger partial charge in [-0.15, -0.1) is 0 Å². The number of hydrogen-bond acceptors (Lipinski definition) is 7. The van der Waals surface area contributed by atoms with E-state index in [0.29, 0.717) is 28.9 Å². The number of carbonyl (C=O) groups excluding carboxylic acids is 2. The molecular formula is C27H32N2O6. The maximum atomic E-state index is 13.1. The van der Waals surface area contributed by atoms with Crippen LogP contribution in [0.2, 0.25) is 0 Å². The van der Waals surface area contributed by atoms with Crippen LogP contribution >= 0.6 is 0 Å². The van der Waals surface area contributed by atoms with E-state index in [0.717, 1.165) is 40.8 Å². The summed E-state index contributed by atoms with van der Waals surface area (Å²) in [6.07, 6.45) is 2.33. The van der Waals surface area contributed by atoms with E-state index in [4.69, 9.17) is 18.9 Å². The standard InChI is InChI=1S/C27H32N2O6/c1-15-21(18-10-11-20-17(13-18)9-8-12-34-20)22(24(26(31)33-7)35-27(3,4)5)16(2)29-23(15)19(14-28-29)25(30)32-6/h10-11,13-14,24H,8-9,12H2,1-7H3. The summed E-state index contributed by atoms with van der Waals surface area (Å²) in [6, 6.07) is 6.03. The molecule has 4 rings (SSSR count). The van der Waals surface area contributed by atoms with Crippen molar-refractivity contribution < 1.29 is 28.5 Å². The Hall–Kier alpha value is -3.39. The van der Waals surface area contributed by atoms with E-state index in [-0.39, 0.29) is 0 Å². The summed E-state index contributed by atoms with van der Waals surface area (Å²) in [6.45, 7) is 10.2. The molecule has 1 aliphatic rings. The van der Waals surface area contributed by atoms with Crippen LogP contribution < -0.4 is 4.74 Å². The zero-order valence-electron chi connectivity index (χ0n) is 21.4. The Bertz CT molecular complexity index is 1300. The van der Waals surface area contributed by atoms with Crippen molar-refractivity contribution in [3.8, 4) is 16.9 Å². The highest BCUT2D eigenvalue weighted by Crippen LogP contribution is 2.42. The molecule has 0 saturated heterocycles. The van der Waals surface area contributed by atoms with Crippen molar-refractivity contribution >= 4 is 17.5 Å². The summed E-state index contributed by atoms with van der Waals surface area (Å²) >= 11 is 0. The summed E-state index contributed by atoms with van der Waals surface area (Å²) in [4.78, 5) is 25.7. The smallest absolute Gasteiger partial charge is 0.341 e. The van der Waals surface area contributed by atoms with Gasteiger partial charge in [-0.2, -0.15) is 5.10 Å². The van der Waals surface area contributed by atoms with Crippen molar-refractivity contribution in [1.29, 1.82) is 0 Å². The number of pyridine rings is 1. The van der Waals surface area contributed by atoms with Crippen LogP contribution in [0.4, 0.5) is 0 Å². The Labute approximate surface area is 205 Å². The van der Waals surface area contributed by atoms with Crippen molar-refractivity contribution in [2.24, 2.45) is 0 Å². The maximum absolute atomic E-state index is 13.1. The molecule has 0 radical (unpaired) electrons. The van der Waals surface area contributed by atoms with Crippen LogP contribution in [0.5, 0.6) is 5.75 Å². The molecule has 3 aromatic rings. The predicted octanol–water partition coefficient (Wildman–Crippen LogP) is 4.76. The number of carbonyl (C=O) groups is 2. The Kier molecular flexibility index (Phi) is 6.60. The monoisotopic (exact) mass is 480 g/mol. The number of benzene rings is 1. The van der Waals surface area contributed by atoms with Crippen LogP contribution in [-0.4, -0.2) is 48.0 Å². The molecule has 0 N–H and O–H groups in total. The Balaban J connectivity index is 2.09. The van der Waals surface area contributed by atoms with Gasteiger partial charge in [0.05, 0.1) is 38.1 Å². The number of nitrogens with zero attached hydrogens (tertiary/aromatic N) is 2. The quantitative estimate of drug-likeness (QED) is 0.487. The maximum Gasteiger partial charge on any atom is 0.341 e. The summed E-state index contributed by atoms with van der Waals surface area (Å²) in [7, 11) is 2.69. The van der Waals surface area contributed by atoms with E-state index in [1.165, 1.54) is 20.4 Å². The molecule has 8 heteroatoms. The second kappa shape index (κ2) is 9.34. The molecule has 186 valence electrons. The summed E-state index contributed by atoms with van der Waals surface area (Å²) in [5.41, 5.74) is 5.25. The lowest BCUT2D eigenvalue weighted by Gasteiger charge is -2.30. The fraction of sp³-hybridized carbons (Fsp3) is 0.444. The first-order chi connectivity index (χ1) is 16.6. The minimum atomic E-state index is -1.00. The van der Waals surface area contributed by atoms with Gasteiger partial charge < -0.3 is 18.9 Å². The average Bonchev–Trinajstić information content (AvgIpc) is 3.29. The molecule has 0 spiro atoms. The fourth-order valence-corrected chi connectivity index (χ4v) is 4.73. The molecule has 2 aromatic heterocycles. The van der Waals surface area contributed by atoms with Gasteiger partial charge in [-0.25, -0.2) is 14.1 Å². The van der Waals surface area contributed by atoms with E-state index in [2.05, 4.69) is 11.2 Å². The summed E-state index contributed by atoms with van der Waals surface area (Å²) in [5, 5.41) is 4.47. The molecule has 8 nitrogen and oxygen atoms in total. The number of aromatic nitrogens is 2. The topological polar surface area (TPSA) is 88.4 Å². The van der Waals surface area contributed by atoms with Crippen LogP contribution in [0.15, 0.2) is 24.4 Å². The predicted molar refractivity (Wildman–Crippen MR) is 131 cm³/mol. The lowest BCUT2D eigenvalue weighted by atomic mass is 9.88. The molecule has 0 fully saturated rings.